The van der Waals surface area contributed by atoms with Crippen LogP contribution in [-0.4, -0.2) is 27.2 Å². The Labute approximate surface area is 111 Å². The van der Waals surface area contributed by atoms with Crippen molar-refractivity contribution in [1.29, 1.82) is 0 Å². The Kier molecular flexibility index (Phi) is 5.48. The van der Waals surface area contributed by atoms with Gasteiger partial charge in [0, 0.05) is 25.8 Å². The number of benzene rings is 1. The minimum atomic E-state index is 0.217. The van der Waals surface area contributed by atoms with Gasteiger partial charge in [-0.1, -0.05) is 19.9 Å². The predicted octanol–water partition coefficient (Wildman–Crippen LogP) is 2.90. The lowest BCUT2D eigenvalue weighted by molar-refractivity contribution is 0.261. The lowest BCUT2D eigenvalue weighted by Gasteiger charge is -2.22. The minimum Gasteiger partial charge on any atom is -0.494 e. The van der Waals surface area contributed by atoms with E-state index in [-0.39, 0.29) is 5.41 Å². The number of nitrogens with zero attached hydrogens (tertiary/aromatic N) is 1. The summed E-state index contributed by atoms with van der Waals surface area (Å²) in [6.45, 7) is 5.86. The van der Waals surface area contributed by atoms with Gasteiger partial charge in [-0.2, -0.15) is 0 Å². The number of hydrogen-bond donors (Lipinski definition) is 1. The van der Waals surface area contributed by atoms with E-state index in [0.29, 0.717) is 0 Å². The molecule has 0 aliphatic carbocycles. The van der Waals surface area contributed by atoms with Crippen molar-refractivity contribution >= 4 is 5.69 Å². The zero-order chi connectivity index (χ0) is 13.6. The van der Waals surface area contributed by atoms with Crippen molar-refractivity contribution in [2.75, 3.05) is 32.1 Å². The van der Waals surface area contributed by atoms with Crippen molar-refractivity contribution in [3.63, 3.8) is 0 Å². The molecule has 18 heavy (non-hydrogen) atoms. The van der Waals surface area contributed by atoms with Gasteiger partial charge in [0.15, 0.2) is 0 Å². The second kappa shape index (κ2) is 6.64. The van der Waals surface area contributed by atoms with Crippen molar-refractivity contribution in [1.82, 2.24) is 0 Å². The molecule has 0 heterocycles. The molecule has 0 aliphatic heterocycles. The van der Waals surface area contributed by atoms with Gasteiger partial charge in [-0.15, -0.1) is 0 Å². The average Bonchev–Trinajstić information content (AvgIpc) is 2.35. The zero-order valence-corrected chi connectivity index (χ0v) is 12.1. The van der Waals surface area contributed by atoms with Gasteiger partial charge >= 0.3 is 0 Å². The SMILES string of the molecule is CN(C)c1cccc(OCCCC(C)(C)CN)c1. The summed E-state index contributed by atoms with van der Waals surface area (Å²) in [5.74, 6) is 0.937. The third-order valence-electron chi connectivity index (χ3n) is 3.15. The van der Waals surface area contributed by atoms with Gasteiger partial charge in [-0.25, -0.2) is 0 Å². The number of ether oxygens (including phenoxy) is 1. The molecular formula is C15H26N2O. The lowest BCUT2D eigenvalue weighted by atomic mass is 9.88. The summed E-state index contributed by atoms with van der Waals surface area (Å²) in [6, 6.07) is 8.16. The molecule has 0 aromatic heterocycles. The first-order valence-corrected chi connectivity index (χ1v) is 6.55. The van der Waals surface area contributed by atoms with E-state index < -0.39 is 0 Å². The Morgan fingerprint density at radius 3 is 2.61 bits per heavy atom. The van der Waals surface area contributed by atoms with Gasteiger partial charge in [0.2, 0.25) is 0 Å². The van der Waals surface area contributed by atoms with Crippen LogP contribution in [0.5, 0.6) is 5.75 Å². The first kappa shape index (κ1) is 14.8. The maximum absolute atomic E-state index is 5.77. The van der Waals surface area contributed by atoms with Gasteiger partial charge in [-0.3, -0.25) is 0 Å². The van der Waals surface area contributed by atoms with Crippen LogP contribution in [0.3, 0.4) is 0 Å². The first-order valence-electron chi connectivity index (χ1n) is 6.55. The molecule has 0 saturated carbocycles. The highest BCUT2D eigenvalue weighted by molar-refractivity contribution is 5.49. The van der Waals surface area contributed by atoms with Crippen LogP contribution in [-0.2, 0) is 0 Å². The molecule has 1 aromatic carbocycles. The van der Waals surface area contributed by atoms with E-state index in [9.17, 15) is 0 Å². The highest BCUT2D eigenvalue weighted by atomic mass is 16.5. The Balaban J connectivity index is 2.38. The molecule has 0 bridgehead atoms. The molecule has 102 valence electrons. The summed E-state index contributed by atoms with van der Waals surface area (Å²) in [5, 5.41) is 0. The first-order chi connectivity index (χ1) is 8.44. The van der Waals surface area contributed by atoms with Crippen LogP contribution in [0.4, 0.5) is 5.69 Å². The standard InChI is InChI=1S/C15H26N2O/c1-15(2,12-16)9-6-10-18-14-8-5-7-13(11-14)17(3)4/h5,7-8,11H,6,9-10,12,16H2,1-4H3. The van der Waals surface area contributed by atoms with E-state index in [1.54, 1.807) is 0 Å². The monoisotopic (exact) mass is 250 g/mol. The topological polar surface area (TPSA) is 38.5 Å². The van der Waals surface area contributed by atoms with Crippen molar-refractivity contribution < 1.29 is 4.74 Å². The fraction of sp³-hybridized carbons (Fsp3) is 0.600. The van der Waals surface area contributed by atoms with Crippen LogP contribution >= 0.6 is 0 Å². The summed E-state index contributed by atoms with van der Waals surface area (Å²) >= 11 is 0. The number of anilines is 1. The van der Waals surface area contributed by atoms with Crippen LogP contribution < -0.4 is 15.4 Å². The fourth-order valence-electron chi connectivity index (χ4n) is 1.69. The Hall–Kier alpha value is -1.22. The zero-order valence-electron chi connectivity index (χ0n) is 12.1. The predicted molar refractivity (Wildman–Crippen MR) is 78.3 cm³/mol. The molecule has 1 rings (SSSR count). The van der Waals surface area contributed by atoms with Gasteiger partial charge in [0.1, 0.15) is 5.75 Å². The van der Waals surface area contributed by atoms with E-state index in [1.807, 2.05) is 26.2 Å². The minimum absolute atomic E-state index is 0.217. The summed E-state index contributed by atoms with van der Waals surface area (Å²) in [5.41, 5.74) is 7.09. The number of rotatable bonds is 7. The van der Waals surface area contributed by atoms with Crippen molar-refractivity contribution in [3.8, 4) is 5.75 Å². The Morgan fingerprint density at radius 2 is 2.00 bits per heavy atom. The highest BCUT2D eigenvalue weighted by Gasteiger charge is 2.14. The van der Waals surface area contributed by atoms with Crippen LogP contribution in [0, 0.1) is 5.41 Å². The van der Waals surface area contributed by atoms with E-state index in [4.69, 9.17) is 10.5 Å². The lowest BCUT2D eigenvalue weighted by Crippen LogP contribution is -2.23. The molecule has 3 nitrogen and oxygen atoms in total. The molecule has 0 unspecified atom stereocenters. The third-order valence-corrected chi connectivity index (χ3v) is 3.15. The molecular weight excluding hydrogens is 224 g/mol. The molecule has 0 radical (unpaired) electrons. The third kappa shape index (κ3) is 4.96. The summed E-state index contributed by atoms with van der Waals surface area (Å²) < 4.78 is 5.77. The molecule has 0 fully saturated rings. The van der Waals surface area contributed by atoms with E-state index in [2.05, 4.69) is 30.9 Å². The highest BCUT2D eigenvalue weighted by Crippen LogP contribution is 2.22. The van der Waals surface area contributed by atoms with Crippen LogP contribution in [0.2, 0.25) is 0 Å². The molecule has 0 saturated heterocycles. The van der Waals surface area contributed by atoms with Crippen molar-refractivity contribution in [2.45, 2.75) is 26.7 Å². The van der Waals surface area contributed by atoms with E-state index in [1.165, 1.54) is 0 Å². The Morgan fingerprint density at radius 1 is 1.28 bits per heavy atom. The second-order valence-electron chi connectivity index (χ2n) is 5.71. The fourth-order valence-corrected chi connectivity index (χ4v) is 1.69. The van der Waals surface area contributed by atoms with Crippen LogP contribution in [0.1, 0.15) is 26.7 Å². The van der Waals surface area contributed by atoms with E-state index >= 15 is 0 Å². The molecule has 0 atom stereocenters. The summed E-state index contributed by atoms with van der Waals surface area (Å²) in [4.78, 5) is 2.07. The van der Waals surface area contributed by atoms with Crippen LogP contribution in [0.15, 0.2) is 24.3 Å². The average molecular weight is 250 g/mol. The summed E-state index contributed by atoms with van der Waals surface area (Å²) in [7, 11) is 4.06. The smallest absolute Gasteiger partial charge is 0.121 e. The molecule has 0 aliphatic rings. The molecule has 0 amide bonds. The Bertz CT molecular complexity index is 361. The van der Waals surface area contributed by atoms with E-state index in [0.717, 1.165) is 37.4 Å². The van der Waals surface area contributed by atoms with Crippen LogP contribution in [0.25, 0.3) is 0 Å². The largest absolute Gasteiger partial charge is 0.494 e. The number of nitrogens with two attached hydrogens (primary N) is 1. The van der Waals surface area contributed by atoms with Gasteiger partial charge in [0.25, 0.3) is 0 Å². The number of hydrogen-bond acceptors (Lipinski definition) is 3. The molecule has 3 heteroatoms. The van der Waals surface area contributed by atoms with Gasteiger partial charge < -0.3 is 15.4 Å². The van der Waals surface area contributed by atoms with Crippen molar-refractivity contribution in [3.05, 3.63) is 24.3 Å². The molecule has 2 N–H and O–H groups in total. The van der Waals surface area contributed by atoms with Gasteiger partial charge in [0.05, 0.1) is 6.61 Å². The van der Waals surface area contributed by atoms with Gasteiger partial charge in [-0.05, 0) is 36.9 Å². The maximum atomic E-state index is 5.77. The van der Waals surface area contributed by atoms with Crippen molar-refractivity contribution in [2.24, 2.45) is 11.1 Å². The quantitative estimate of drug-likeness (QED) is 0.756. The normalized spacial score (nSPS) is 11.4. The molecule has 1 aromatic rings. The molecule has 0 spiro atoms. The summed E-state index contributed by atoms with van der Waals surface area (Å²) in [6.07, 6.45) is 2.13. The second-order valence-corrected chi connectivity index (χ2v) is 5.71. The maximum Gasteiger partial charge on any atom is 0.121 e.